The third-order valence-electron chi connectivity index (χ3n) is 6.29. The zero-order chi connectivity index (χ0) is 24.0. The molecular formula is C29H33NO3Si. The van der Waals surface area contributed by atoms with Crippen LogP contribution in [0.4, 0.5) is 4.79 Å². The van der Waals surface area contributed by atoms with Crippen molar-refractivity contribution in [2.45, 2.75) is 38.5 Å². The molecular weight excluding hydrogens is 438 g/mol. The fourth-order valence-corrected chi connectivity index (χ4v) is 9.27. The van der Waals surface area contributed by atoms with Crippen LogP contribution in [0.15, 0.2) is 103 Å². The maximum atomic E-state index is 12.8. The van der Waals surface area contributed by atoms with Gasteiger partial charge in [-0.05, 0) is 21.0 Å². The van der Waals surface area contributed by atoms with Crippen LogP contribution in [0.1, 0.15) is 26.3 Å². The average Bonchev–Trinajstić information content (AvgIpc) is 2.87. The number of amides is 1. The molecule has 1 heterocycles. The molecule has 4 nitrogen and oxygen atoms in total. The molecule has 3 aromatic rings. The monoisotopic (exact) mass is 471 g/mol. The fraction of sp³-hybridized carbons (Fsp3) is 0.276. The summed E-state index contributed by atoms with van der Waals surface area (Å²) in [4.78, 5) is 14.6. The summed E-state index contributed by atoms with van der Waals surface area (Å²) in [7, 11) is -2.70. The largest absolute Gasteiger partial charge is 0.445 e. The van der Waals surface area contributed by atoms with E-state index in [0.717, 1.165) is 5.56 Å². The van der Waals surface area contributed by atoms with Gasteiger partial charge in [-0.2, -0.15) is 0 Å². The van der Waals surface area contributed by atoms with Gasteiger partial charge in [-0.1, -0.05) is 124 Å². The molecule has 0 fully saturated rings. The fourth-order valence-electron chi connectivity index (χ4n) is 4.65. The van der Waals surface area contributed by atoms with Crippen LogP contribution in [-0.2, 0) is 15.8 Å². The average molecular weight is 472 g/mol. The van der Waals surface area contributed by atoms with Gasteiger partial charge in [0.1, 0.15) is 6.61 Å². The third kappa shape index (κ3) is 5.16. The van der Waals surface area contributed by atoms with Crippen molar-refractivity contribution in [1.82, 2.24) is 4.90 Å². The lowest BCUT2D eigenvalue weighted by Gasteiger charge is -2.45. The third-order valence-corrected chi connectivity index (χ3v) is 11.3. The Morgan fingerprint density at radius 1 is 0.882 bits per heavy atom. The van der Waals surface area contributed by atoms with Gasteiger partial charge in [0.2, 0.25) is 0 Å². The maximum absolute atomic E-state index is 12.8. The molecule has 4 rings (SSSR count). The van der Waals surface area contributed by atoms with E-state index in [0.29, 0.717) is 13.1 Å². The number of rotatable bonds is 6. The van der Waals surface area contributed by atoms with Crippen molar-refractivity contribution in [2.24, 2.45) is 0 Å². The van der Waals surface area contributed by atoms with E-state index in [4.69, 9.17) is 9.16 Å². The summed E-state index contributed by atoms with van der Waals surface area (Å²) in [6.45, 7) is 8.04. The smallest absolute Gasteiger partial charge is 0.410 e. The summed E-state index contributed by atoms with van der Waals surface area (Å²) < 4.78 is 12.8. The second-order valence-electron chi connectivity index (χ2n) is 9.69. The number of hydrogen-bond donors (Lipinski definition) is 0. The Morgan fingerprint density at radius 2 is 1.41 bits per heavy atom. The van der Waals surface area contributed by atoms with Gasteiger partial charge < -0.3 is 14.1 Å². The lowest BCUT2D eigenvalue weighted by atomic mass is 10.2. The quantitative estimate of drug-likeness (QED) is 0.369. The molecule has 0 unspecified atom stereocenters. The lowest BCUT2D eigenvalue weighted by molar-refractivity contribution is 0.0823. The predicted octanol–water partition coefficient (Wildman–Crippen LogP) is 5.14. The molecule has 0 saturated carbocycles. The summed E-state index contributed by atoms with van der Waals surface area (Å²) in [5.41, 5.74) is 0.975. The molecule has 1 aliphatic heterocycles. The first kappa shape index (κ1) is 24.0. The Balaban J connectivity index is 1.59. The van der Waals surface area contributed by atoms with Gasteiger partial charge in [0.25, 0.3) is 8.32 Å². The van der Waals surface area contributed by atoms with Gasteiger partial charge in [-0.3, -0.25) is 0 Å². The number of benzene rings is 3. The van der Waals surface area contributed by atoms with Crippen LogP contribution < -0.4 is 10.4 Å². The molecule has 3 aromatic carbocycles. The number of carbonyl (C=O) groups excluding carboxylic acids is 1. The van der Waals surface area contributed by atoms with Gasteiger partial charge in [-0.25, -0.2) is 4.79 Å². The molecule has 0 aliphatic carbocycles. The molecule has 0 saturated heterocycles. The van der Waals surface area contributed by atoms with Gasteiger partial charge >= 0.3 is 6.09 Å². The van der Waals surface area contributed by atoms with E-state index in [1.165, 1.54) is 10.4 Å². The van der Waals surface area contributed by atoms with Crippen molar-refractivity contribution in [2.75, 3.05) is 13.1 Å². The molecule has 1 aliphatic rings. The summed E-state index contributed by atoms with van der Waals surface area (Å²) in [6, 6.07) is 30.9. The standard InChI is InChI=1S/C29H33NO3Si/c1-29(2,3)34(26-17-9-5-10-18-26,27-19-11-6-12-20-27)33-25-16-13-21-30(22-25)28(31)32-23-24-14-7-4-8-15-24/h4-20,25H,21-23H2,1-3H3/t25-/m1/s1. The first-order valence-corrected chi connectivity index (χ1v) is 13.7. The van der Waals surface area contributed by atoms with Crippen molar-refractivity contribution >= 4 is 24.8 Å². The van der Waals surface area contributed by atoms with Crippen LogP contribution in [0.5, 0.6) is 0 Å². The number of hydrogen-bond acceptors (Lipinski definition) is 3. The Hall–Kier alpha value is -3.15. The maximum Gasteiger partial charge on any atom is 0.410 e. The molecule has 0 spiro atoms. The summed E-state index contributed by atoms with van der Waals surface area (Å²) in [6.07, 6.45) is 3.57. The van der Waals surface area contributed by atoms with E-state index in [-0.39, 0.29) is 23.8 Å². The van der Waals surface area contributed by atoms with Crippen LogP contribution in [0.25, 0.3) is 0 Å². The number of ether oxygens (including phenoxy) is 1. The van der Waals surface area contributed by atoms with E-state index in [9.17, 15) is 4.79 Å². The highest BCUT2D eigenvalue weighted by Crippen LogP contribution is 2.38. The zero-order valence-electron chi connectivity index (χ0n) is 20.2. The predicted molar refractivity (Wildman–Crippen MR) is 140 cm³/mol. The molecule has 1 amide bonds. The Kier molecular flexibility index (Phi) is 7.34. The van der Waals surface area contributed by atoms with E-state index < -0.39 is 8.32 Å². The summed E-state index contributed by atoms with van der Waals surface area (Å²) in [5, 5.41) is 2.33. The molecule has 0 bridgehead atoms. The van der Waals surface area contributed by atoms with Gasteiger partial charge in [0, 0.05) is 6.54 Å². The van der Waals surface area contributed by atoms with Crippen LogP contribution in [0.2, 0.25) is 5.04 Å². The zero-order valence-corrected chi connectivity index (χ0v) is 21.2. The Bertz CT molecular complexity index is 1050. The van der Waals surface area contributed by atoms with Crippen LogP contribution in [-0.4, -0.2) is 38.5 Å². The van der Waals surface area contributed by atoms with Gasteiger partial charge in [0.05, 0.1) is 12.6 Å². The van der Waals surface area contributed by atoms with Crippen molar-refractivity contribution in [3.63, 3.8) is 0 Å². The van der Waals surface area contributed by atoms with Crippen LogP contribution >= 0.6 is 0 Å². The highest BCUT2D eigenvalue weighted by atomic mass is 28.4. The molecule has 0 radical (unpaired) electrons. The second kappa shape index (κ2) is 10.4. The Morgan fingerprint density at radius 3 is 1.94 bits per heavy atom. The second-order valence-corrected chi connectivity index (χ2v) is 13.9. The van der Waals surface area contributed by atoms with Crippen molar-refractivity contribution in [3.05, 3.63) is 109 Å². The topological polar surface area (TPSA) is 38.8 Å². The first-order valence-electron chi connectivity index (χ1n) is 11.8. The molecule has 0 N–H and O–H groups in total. The minimum absolute atomic E-state index is 0.125. The molecule has 34 heavy (non-hydrogen) atoms. The Labute approximate surface area is 204 Å². The van der Waals surface area contributed by atoms with Crippen LogP contribution in [0, 0.1) is 0 Å². The van der Waals surface area contributed by atoms with Crippen molar-refractivity contribution in [3.8, 4) is 0 Å². The van der Waals surface area contributed by atoms with E-state index >= 15 is 0 Å². The van der Waals surface area contributed by atoms with E-state index in [1.807, 2.05) is 48.5 Å². The van der Waals surface area contributed by atoms with Crippen molar-refractivity contribution < 1.29 is 14.0 Å². The number of nitrogens with zero attached hydrogens (tertiary/aromatic N) is 1. The SMILES string of the molecule is CC(C)(C)[Si](O[C@@H]1C=CCN(C(=O)OCc2ccccc2)C1)(c1ccccc1)c1ccccc1. The highest BCUT2D eigenvalue weighted by molar-refractivity contribution is 6.99. The van der Waals surface area contributed by atoms with Crippen molar-refractivity contribution in [1.29, 1.82) is 0 Å². The minimum Gasteiger partial charge on any atom is -0.445 e. The lowest BCUT2D eigenvalue weighted by Crippen LogP contribution is -2.68. The summed E-state index contributed by atoms with van der Waals surface area (Å²) >= 11 is 0. The van der Waals surface area contributed by atoms with E-state index in [1.54, 1.807) is 4.90 Å². The number of carbonyl (C=O) groups is 1. The van der Waals surface area contributed by atoms with Gasteiger partial charge in [-0.15, -0.1) is 0 Å². The minimum atomic E-state index is -2.70. The normalized spacial score (nSPS) is 16.3. The van der Waals surface area contributed by atoms with Crippen LogP contribution in [0.3, 0.4) is 0 Å². The molecule has 0 aromatic heterocycles. The molecule has 5 heteroatoms. The molecule has 176 valence electrons. The van der Waals surface area contributed by atoms with Gasteiger partial charge in [0.15, 0.2) is 0 Å². The first-order chi connectivity index (χ1) is 16.4. The van der Waals surface area contributed by atoms with E-state index in [2.05, 4.69) is 75.4 Å². The highest BCUT2D eigenvalue weighted by Gasteiger charge is 2.51. The summed E-state index contributed by atoms with van der Waals surface area (Å²) in [5.74, 6) is 0. The molecule has 1 atom stereocenters.